The van der Waals surface area contributed by atoms with Crippen LogP contribution in [0.1, 0.15) is 48.5 Å². The van der Waals surface area contributed by atoms with Crippen molar-refractivity contribution in [1.29, 1.82) is 0 Å². The van der Waals surface area contributed by atoms with Gasteiger partial charge in [-0.05, 0) is 48.5 Å². The second kappa shape index (κ2) is 20.6. The molecule has 0 atom stereocenters. The molecule has 0 aliphatic rings. The van der Waals surface area contributed by atoms with Gasteiger partial charge < -0.3 is 10.2 Å². The first kappa shape index (κ1) is 34.6. The lowest BCUT2D eigenvalue weighted by Gasteiger charge is -1.91. The molecule has 0 rings (SSSR count). The fourth-order valence-electron chi connectivity index (χ4n) is 2.58. The number of carboxylic acid groups (broad SMARTS) is 2. The number of carboxylic acids is 2. The van der Waals surface area contributed by atoms with E-state index < -0.39 is 11.9 Å². The van der Waals surface area contributed by atoms with Crippen molar-refractivity contribution in [2.24, 2.45) is 0 Å². The van der Waals surface area contributed by atoms with E-state index >= 15 is 0 Å². The highest BCUT2D eigenvalue weighted by molar-refractivity contribution is 5.86. The minimum Gasteiger partial charge on any atom is -0.478 e. The van der Waals surface area contributed by atoms with Gasteiger partial charge in [0.1, 0.15) is 0 Å². The SMILES string of the molecule is CC(/C=C/C=C(C)/C=C/C=C(C)/C=C/C=C(\C)C(=O)O)=C\C=C\C=C(C)\C=C\C=C(C)\C=C\C=C(/C)C(=O)O. The zero-order chi connectivity index (χ0) is 29.6. The van der Waals surface area contributed by atoms with Gasteiger partial charge in [-0.3, -0.25) is 0 Å². The fourth-order valence-corrected chi connectivity index (χ4v) is 2.58. The van der Waals surface area contributed by atoms with Crippen LogP contribution >= 0.6 is 0 Å². The van der Waals surface area contributed by atoms with Gasteiger partial charge in [-0.15, -0.1) is 0 Å². The summed E-state index contributed by atoms with van der Waals surface area (Å²) in [6.45, 7) is 13.2. The summed E-state index contributed by atoms with van der Waals surface area (Å²) in [6, 6.07) is 0. The normalized spacial score (nSPS) is 15.9. The van der Waals surface area contributed by atoms with Crippen molar-refractivity contribution < 1.29 is 19.8 Å². The van der Waals surface area contributed by atoms with E-state index in [1.54, 1.807) is 38.2 Å². The van der Waals surface area contributed by atoms with Crippen LogP contribution in [0.3, 0.4) is 0 Å². The van der Waals surface area contributed by atoms with Crippen molar-refractivity contribution in [2.75, 3.05) is 0 Å². The summed E-state index contributed by atoms with van der Waals surface area (Å²) >= 11 is 0. The summed E-state index contributed by atoms with van der Waals surface area (Å²) in [5.74, 6) is -1.83. The van der Waals surface area contributed by atoms with E-state index in [-0.39, 0.29) is 0 Å². The lowest BCUT2D eigenvalue weighted by Crippen LogP contribution is -1.94. The summed E-state index contributed by atoms with van der Waals surface area (Å²) in [5, 5.41) is 17.7. The Hall–Kier alpha value is -4.44. The van der Waals surface area contributed by atoms with Crippen molar-refractivity contribution in [2.45, 2.75) is 48.5 Å². The third kappa shape index (κ3) is 20.3. The number of hydrogen-bond donors (Lipinski definition) is 2. The molecule has 0 aromatic carbocycles. The molecule has 39 heavy (non-hydrogen) atoms. The van der Waals surface area contributed by atoms with E-state index in [2.05, 4.69) is 0 Å². The van der Waals surface area contributed by atoms with Crippen molar-refractivity contribution >= 4 is 11.9 Å². The molecule has 0 saturated carbocycles. The average molecular weight is 527 g/mol. The Labute approximate surface area is 234 Å². The molecule has 0 bridgehead atoms. The highest BCUT2D eigenvalue weighted by atomic mass is 16.4. The Balaban J connectivity index is 4.83. The Bertz CT molecular complexity index is 1240. The first-order chi connectivity index (χ1) is 18.4. The highest BCUT2D eigenvalue weighted by Gasteiger charge is 1.96. The predicted molar refractivity (Wildman–Crippen MR) is 166 cm³/mol. The van der Waals surface area contributed by atoms with Gasteiger partial charge in [-0.25, -0.2) is 9.59 Å². The van der Waals surface area contributed by atoms with E-state index in [9.17, 15) is 9.59 Å². The topological polar surface area (TPSA) is 74.6 Å². The smallest absolute Gasteiger partial charge is 0.331 e. The van der Waals surface area contributed by atoms with Crippen LogP contribution in [0.2, 0.25) is 0 Å². The molecule has 0 amide bonds. The zero-order valence-corrected chi connectivity index (χ0v) is 24.2. The maximum Gasteiger partial charge on any atom is 0.331 e. The lowest BCUT2D eigenvalue weighted by atomic mass is 10.2. The Kier molecular flexibility index (Phi) is 18.3. The van der Waals surface area contributed by atoms with Crippen LogP contribution in [-0.4, -0.2) is 22.2 Å². The zero-order valence-electron chi connectivity index (χ0n) is 24.2. The van der Waals surface area contributed by atoms with E-state index in [0.717, 1.165) is 27.9 Å². The van der Waals surface area contributed by atoms with Crippen LogP contribution < -0.4 is 0 Å². The molecule has 0 aliphatic heterocycles. The van der Waals surface area contributed by atoms with E-state index in [1.807, 2.05) is 126 Å². The first-order valence-electron chi connectivity index (χ1n) is 12.7. The van der Waals surface area contributed by atoms with Gasteiger partial charge in [0, 0.05) is 11.1 Å². The number of aliphatic carboxylic acids is 2. The standard InChI is InChI=1S/C35H42O4/c1-27(17-10-19-29(3)20-12-22-31(5)24-14-26-33(7)35(38)39)15-8-9-16-28(2)18-11-21-30(4)23-13-25-32(6)34(36)37/h8-26H,1-7H3,(H,36,37)(H,38,39)/b9-8+,17-10+,18-11+,20-12+,23-13+,24-14+,27-15+,28-16+,29-19+,30-21+,31-22+,32-25+,33-26+. The van der Waals surface area contributed by atoms with Crippen molar-refractivity contribution in [1.82, 2.24) is 0 Å². The number of allylic oxidation sites excluding steroid dienone is 24. The molecule has 4 heteroatoms. The van der Waals surface area contributed by atoms with Crippen molar-refractivity contribution in [3.05, 3.63) is 154 Å². The summed E-state index contributed by atoms with van der Waals surface area (Å²) in [5.41, 5.74) is 6.00. The van der Waals surface area contributed by atoms with Gasteiger partial charge in [0.2, 0.25) is 0 Å². The maximum absolute atomic E-state index is 10.8. The third-order valence-electron chi connectivity index (χ3n) is 5.07. The van der Waals surface area contributed by atoms with Gasteiger partial charge in [0.05, 0.1) is 0 Å². The van der Waals surface area contributed by atoms with Crippen LogP contribution in [0.25, 0.3) is 0 Å². The summed E-state index contributed by atoms with van der Waals surface area (Å²) in [7, 11) is 0. The molecule has 0 aromatic heterocycles. The van der Waals surface area contributed by atoms with Gasteiger partial charge in [0.15, 0.2) is 0 Å². The molecule has 0 fully saturated rings. The van der Waals surface area contributed by atoms with Crippen molar-refractivity contribution in [3.63, 3.8) is 0 Å². The Morgan fingerprint density at radius 3 is 0.795 bits per heavy atom. The second-order valence-electron chi connectivity index (χ2n) is 9.04. The average Bonchev–Trinajstić information content (AvgIpc) is 2.86. The molecule has 0 spiro atoms. The molecular weight excluding hydrogens is 484 g/mol. The fraction of sp³-hybridized carbons (Fsp3) is 0.200. The van der Waals surface area contributed by atoms with Crippen molar-refractivity contribution in [3.8, 4) is 0 Å². The minimum absolute atomic E-state index is 0.300. The molecule has 4 nitrogen and oxygen atoms in total. The van der Waals surface area contributed by atoms with Crippen LogP contribution in [0.5, 0.6) is 0 Å². The van der Waals surface area contributed by atoms with E-state index in [0.29, 0.717) is 11.1 Å². The van der Waals surface area contributed by atoms with Crippen LogP contribution in [0.4, 0.5) is 0 Å². The molecule has 0 aromatic rings. The molecular formula is C35H42O4. The molecule has 0 radical (unpaired) electrons. The van der Waals surface area contributed by atoms with Crippen LogP contribution in [0, 0.1) is 0 Å². The summed E-state index contributed by atoms with van der Waals surface area (Å²) < 4.78 is 0. The number of rotatable bonds is 14. The number of hydrogen-bond acceptors (Lipinski definition) is 2. The van der Waals surface area contributed by atoms with E-state index in [4.69, 9.17) is 10.2 Å². The highest BCUT2D eigenvalue weighted by Crippen LogP contribution is 2.04. The second-order valence-corrected chi connectivity index (χ2v) is 9.04. The van der Waals surface area contributed by atoms with Gasteiger partial charge in [0.25, 0.3) is 0 Å². The summed E-state index contributed by atoms with van der Waals surface area (Å²) in [4.78, 5) is 21.5. The van der Waals surface area contributed by atoms with Crippen LogP contribution in [0.15, 0.2) is 154 Å². The van der Waals surface area contributed by atoms with Gasteiger partial charge in [-0.1, -0.05) is 143 Å². The minimum atomic E-state index is -0.915. The lowest BCUT2D eigenvalue weighted by molar-refractivity contribution is -0.133. The third-order valence-corrected chi connectivity index (χ3v) is 5.07. The largest absolute Gasteiger partial charge is 0.478 e. The monoisotopic (exact) mass is 526 g/mol. The summed E-state index contributed by atoms with van der Waals surface area (Å²) in [6.07, 6.45) is 36.5. The molecule has 206 valence electrons. The molecule has 0 heterocycles. The Morgan fingerprint density at radius 1 is 0.359 bits per heavy atom. The molecule has 0 saturated heterocycles. The maximum atomic E-state index is 10.8. The molecule has 0 aliphatic carbocycles. The van der Waals surface area contributed by atoms with Crippen LogP contribution in [-0.2, 0) is 9.59 Å². The quantitative estimate of drug-likeness (QED) is 0.175. The molecule has 0 unspecified atom stereocenters. The first-order valence-corrected chi connectivity index (χ1v) is 12.7. The molecule has 2 N–H and O–H groups in total. The predicted octanol–water partition coefficient (Wildman–Crippen LogP) is 9.12. The van der Waals surface area contributed by atoms with Gasteiger partial charge >= 0.3 is 11.9 Å². The number of carbonyl (C=O) groups is 2. The van der Waals surface area contributed by atoms with E-state index in [1.165, 1.54) is 0 Å². The Morgan fingerprint density at radius 2 is 0.564 bits per heavy atom. The van der Waals surface area contributed by atoms with Gasteiger partial charge in [-0.2, -0.15) is 0 Å².